The number of phenols is 1. The van der Waals surface area contributed by atoms with Gasteiger partial charge in [0.1, 0.15) is 17.3 Å². The Labute approximate surface area is 86.3 Å². The standard InChI is InChI=1S/C10H12F2N2O/c11-7-5-8(12)10(9(15)6-7)14-3-1-13-2-4-14/h5-6,13,15H,1-4H2. The topological polar surface area (TPSA) is 35.5 Å². The summed E-state index contributed by atoms with van der Waals surface area (Å²) in [6, 6.07) is 1.72. The van der Waals surface area contributed by atoms with Crippen molar-refractivity contribution in [2.45, 2.75) is 0 Å². The summed E-state index contributed by atoms with van der Waals surface area (Å²) in [5.41, 5.74) is 0.0953. The molecule has 0 aromatic heterocycles. The number of nitrogens with one attached hydrogen (secondary N) is 1. The van der Waals surface area contributed by atoms with Gasteiger partial charge in [-0.2, -0.15) is 0 Å². The van der Waals surface area contributed by atoms with Crippen LogP contribution in [-0.2, 0) is 0 Å². The lowest BCUT2D eigenvalue weighted by molar-refractivity contribution is 0.454. The van der Waals surface area contributed by atoms with E-state index in [2.05, 4.69) is 5.32 Å². The average molecular weight is 214 g/mol. The largest absolute Gasteiger partial charge is 0.506 e. The molecule has 82 valence electrons. The first-order valence-electron chi connectivity index (χ1n) is 4.82. The molecule has 5 heteroatoms. The SMILES string of the molecule is Oc1cc(F)cc(F)c1N1CCNCC1. The molecule has 0 aliphatic carbocycles. The fourth-order valence-electron chi connectivity index (χ4n) is 1.75. The minimum atomic E-state index is -0.760. The summed E-state index contributed by atoms with van der Waals surface area (Å²) in [6.45, 7) is 2.68. The van der Waals surface area contributed by atoms with Crippen LogP contribution in [0.1, 0.15) is 0 Å². The Kier molecular flexibility index (Phi) is 2.73. The molecule has 1 aliphatic heterocycles. The van der Waals surface area contributed by atoms with Gasteiger partial charge in [-0.25, -0.2) is 8.78 Å². The van der Waals surface area contributed by atoms with Crippen molar-refractivity contribution in [1.82, 2.24) is 5.32 Å². The van der Waals surface area contributed by atoms with Crippen molar-refractivity contribution >= 4 is 5.69 Å². The van der Waals surface area contributed by atoms with Crippen molar-refractivity contribution in [3.05, 3.63) is 23.8 Å². The van der Waals surface area contributed by atoms with Crippen LogP contribution in [0.5, 0.6) is 5.75 Å². The summed E-state index contributed by atoms with van der Waals surface area (Å²) < 4.78 is 26.2. The fourth-order valence-corrected chi connectivity index (χ4v) is 1.75. The van der Waals surface area contributed by atoms with Gasteiger partial charge >= 0.3 is 0 Å². The second-order valence-corrected chi connectivity index (χ2v) is 3.49. The highest BCUT2D eigenvalue weighted by Gasteiger charge is 2.19. The van der Waals surface area contributed by atoms with Crippen LogP contribution in [0, 0.1) is 11.6 Å². The highest BCUT2D eigenvalue weighted by atomic mass is 19.1. The van der Waals surface area contributed by atoms with Gasteiger partial charge in [0, 0.05) is 38.3 Å². The molecule has 0 saturated carbocycles. The summed E-state index contributed by atoms with van der Waals surface area (Å²) in [5, 5.41) is 12.6. The minimum absolute atomic E-state index is 0.0953. The first kappa shape index (κ1) is 10.2. The van der Waals surface area contributed by atoms with Crippen LogP contribution in [0.2, 0.25) is 0 Å². The maximum Gasteiger partial charge on any atom is 0.153 e. The van der Waals surface area contributed by atoms with Crippen molar-refractivity contribution in [1.29, 1.82) is 0 Å². The van der Waals surface area contributed by atoms with Gasteiger partial charge in [0.15, 0.2) is 5.82 Å². The minimum Gasteiger partial charge on any atom is -0.506 e. The fraction of sp³-hybridized carbons (Fsp3) is 0.400. The van der Waals surface area contributed by atoms with Gasteiger partial charge in [0.05, 0.1) is 0 Å². The maximum atomic E-state index is 13.4. The Hall–Kier alpha value is -1.36. The van der Waals surface area contributed by atoms with E-state index in [-0.39, 0.29) is 11.4 Å². The molecular formula is C10H12F2N2O. The van der Waals surface area contributed by atoms with Gasteiger partial charge in [0.2, 0.25) is 0 Å². The van der Waals surface area contributed by atoms with Crippen LogP contribution >= 0.6 is 0 Å². The van der Waals surface area contributed by atoms with Gasteiger partial charge in [-0.1, -0.05) is 0 Å². The number of anilines is 1. The summed E-state index contributed by atoms with van der Waals surface area (Å²) >= 11 is 0. The molecule has 0 atom stereocenters. The van der Waals surface area contributed by atoms with Crippen molar-refractivity contribution in [3.63, 3.8) is 0 Å². The first-order chi connectivity index (χ1) is 7.18. The van der Waals surface area contributed by atoms with E-state index in [1.807, 2.05) is 0 Å². The maximum absolute atomic E-state index is 13.4. The molecule has 0 amide bonds. The van der Waals surface area contributed by atoms with Crippen LogP contribution in [-0.4, -0.2) is 31.3 Å². The van der Waals surface area contributed by atoms with E-state index in [1.54, 1.807) is 4.90 Å². The molecule has 1 saturated heterocycles. The highest BCUT2D eigenvalue weighted by molar-refractivity contribution is 5.59. The molecule has 1 aromatic carbocycles. The molecule has 1 fully saturated rings. The van der Waals surface area contributed by atoms with E-state index in [9.17, 15) is 13.9 Å². The second kappa shape index (κ2) is 4.02. The number of halogens is 2. The number of nitrogens with zero attached hydrogens (tertiary/aromatic N) is 1. The molecule has 0 unspecified atom stereocenters. The van der Waals surface area contributed by atoms with E-state index >= 15 is 0 Å². The molecule has 15 heavy (non-hydrogen) atoms. The summed E-state index contributed by atoms with van der Waals surface area (Å²) in [5.74, 6) is -1.81. The van der Waals surface area contributed by atoms with Crippen molar-refractivity contribution < 1.29 is 13.9 Å². The normalized spacial score (nSPS) is 16.8. The lowest BCUT2D eigenvalue weighted by Crippen LogP contribution is -2.43. The van der Waals surface area contributed by atoms with Crippen LogP contribution < -0.4 is 10.2 Å². The third-order valence-corrected chi connectivity index (χ3v) is 2.44. The van der Waals surface area contributed by atoms with E-state index in [0.29, 0.717) is 13.1 Å². The Morgan fingerprint density at radius 3 is 2.47 bits per heavy atom. The van der Waals surface area contributed by atoms with E-state index in [4.69, 9.17) is 0 Å². The molecule has 3 nitrogen and oxygen atoms in total. The number of hydrogen-bond acceptors (Lipinski definition) is 3. The summed E-state index contributed by atoms with van der Waals surface area (Å²) in [7, 11) is 0. The summed E-state index contributed by atoms with van der Waals surface area (Å²) in [4.78, 5) is 1.71. The third kappa shape index (κ3) is 2.02. The van der Waals surface area contributed by atoms with Crippen molar-refractivity contribution in [3.8, 4) is 5.75 Å². The molecule has 0 radical (unpaired) electrons. The van der Waals surface area contributed by atoms with Crippen molar-refractivity contribution in [2.24, 2.45) is 0 Å². The Morgan fingerprint density at radius 1 is 1.20 bits per heavy atom. The zero-order valence-electron chi connectivity index (χ0n) is 8.13. The van der Waals surface area contributed by atoms with Gasteiger partial charge in [-0.15, -0.1) is 0 Å². The number of hydrogen-bond donors (Lipinski definition) is 2. The number of aromatic hydroxyl groups is 1. The lowest BCUT2D eigenvalue weighted by atomic mass is 10.2. The van der Waals surface area contributed by atoms with Crippen molar-refractivity contribution in [2.75, 3.05) is 31.1 Å². The van der Waals surface area contributed by atoms with Crippen LogP contribution in [0.15, 0.2) is 12.1 Å². The Bertz CT molecular complexity index is 341. The predicted molar refractivity (Wildman–Crippen MR) is 53.1 cm³/mol. The van der Waals surface area contributed by atoms with Crippen LogP contribution in [0.3, 0.4) is 0 Å². The second-order valence-electron chi connectivity index (χ2n) is 3.49. The van der Waals surface area contributed by atoms with E-state index < -0.39 is 11.6 Å². The molecule has 1 aliphatic rings. The third-order valence-electron chi connectivity index (χ3n) is 2.44. The molecule has 2 rings (SSSR count). The van der Waals surface area contributed by atoms with Crippen LogP contribution in [0.4, 0.5) is 14.5 Å². The Balaban J connectivity index is 2.33. The quantitative estimate of drug-likeness (QED) is 0.734. The summed E-state index contributed by atoms with van der Waals surface area (Å²) in [6.07, 6.45) is 0. The molecule has 0 bridgehead atoms. The first-order valence-corrected chi connectivity index (χ1v) is 4.82. The Morgan fingerprint density at radius 2 is 1.87 bits per heavy atom. The number of phenolic OH excluding ortho intramolecular Hbond substituents is 1. The molecule has 1 heterocycles. The lowest BCUT2D eigenvalue weighted by Gasteiger charge is -2.30. The van der Waals surface area contributed by atoms with Gasteiger partial charge in [-0.05, 0) is 0 Å². The molecule has 2 N–H and O–H groups in total. The monoisotopic (exact) mass is 214 g/mol. The average Bonchev–Trinajstić information content (AvgIpc) is 2.17. The molecular weight excluding hydrogens is 202 g/mol. The molecule has 1 aromatic rings. The van der Waals surface area contributed by atoms with Gasteiger partial charge in [0.25, 0.3) is 0 Å². The van der Waals surface area contributed by atoms with Gasteiger partial charge in [-0.3, -0.25) is 0 Å². The van der Waals surface area contributed by atoms with E-state index in [0.717, 1.165) is 25.2 Å². The number of piperazine rings is 1. The predicted octanol–water partition coefficient (Wildman–Crippen LogP) is 1.08. The van der Waals surface area contributed by atoms with Crippen LogP contribution in [0.25, 0.3) is 0 Å². The highest BCUT2D eigenvalue weighted by Crippen LogP contribution is 2.31. The van der Waals surface area contributed by atoms with E-state index in [1.165, 1.54) is 0 Å². The molecule has 0 spiro atoms. The smallest absolute Gasteiger partial charge is 0.153 e. The zero-order chi connectivity index (χ0) is 10.8. The zero-order valence-corrected chi connectivity index (χ0v) is 8.13. The van der Waals surface area contributed by atoms with Gasteiger partial charge < -0.3 is 15.3 Å². The number of benzene rings is 1. The number of rotatable bonds is 1.